The van der Waals surface area contributed by atoms with Crippen LogP contribution in [0.1, 0.15) is 21.8 Å². The van der Waals surface area contributed by atoms with E-state index in [4.69, 9.17) is 0 Å². The SMILES string of the molecule is Cc1nc(CC(=O)N(C)Cc2ccccc2C)cs1. The largest absolute Gasteiger partial charge is 0.341 e. The van der Waals surface area contributed by atoms with Gasteiger partial charge in [-0.25, -0.2) is 4.98 Å². The van der Waals surface area contributed by atoms with E-state index in [1.807, 2.05) is 31.5 Å². The van der Waals surface area contributed by atoms with Gasteiger partial charge in [-0.15, -0.1) is 11.3 Å². The van der Waals surface area contributed by atoms with Crippen molar-refractivity contribution < 1.29 is 4.79 Å². The summed E-state index contributed by atoms with van der Waals surface area (Å²) in [6.45, 7) is 4.67. The van der Waals surface area contributed by atoms with Crippen LogP contribution in [0.15, 0.2) is 29.6 Å². The standard InChI is InChI=1S/C15H18N2OS/c1-11-6-4-5-7-13(11)9-17(3)15(18)8-14-10-19-12(2)16-14/h4-7,10H,8-9H2,1-3H3. The zero-order chi connectivity index (χ0) is 13.8. The van der Waals surface area contributed by atoms with E-state index in [2.05, 4.69) is 24.0 Å². The summed E-state index contributed by atoms with van der Waals surface area (Å²) in [6, 6.07) is 8.15. The van der Waals surface area contributed by atoms with Crippen molar-refractivity contribution in [1.29, 1.82) is 0 Å². The molecule has 0 unspecified atom stereocenters. The van der Waals surface area contributed by atoms with Gasteiger partial charge in [-0.3, -0.25) is 4.79 Å². The Labute approximate surface area is 117 Å². The Morgan fingerprint density at radius 2 is 2.05 bits per heavy atom. The Bertz CT molecular complexity index is 577. The number of hydrogen-bond donors (Lipinski definition) is 0. The van der Waals surface area contributed by atoms with Crippen molar-refractivity contribution in [3.05, 3.63) is 51.5 Å². The minimum Gasteiger partial charge on any atom is -0.341 e. The molecule has 4 heteroatoms. The van der Waals surface area contributed by atoms with Gasteiger partial charge >= 0.3 is 0 Å². The molecule has 0 saturated carbocycles. The lowest BCUT2D eigenvalue weighted by Gasteiger charge is -2.18. The Morgan fingerprint density at radius 1 is 1.32 bits per heavy atom. The van der Waals surface area contributed by atoms with E-state index in [-0.39, 0.29) is 5.91 Å². The van der Waals surface area contributed by atoms with Gasteiger partial charge in [-0.2, -0.15) is 0 Å². The first kappa shape index (κ1) is 13.7. The summed E-state index contributed by atoms with van der Waals surface area (Å²) in [7, 11) is 1.84. The summed E-state index contributed by atoms with van der Waals surface area (Å²) >= 11 is 1.58. The van der Waals surface area contributed by atoms with Gasteiger partial charge in [0.25, 0.3) is 0 Å². The number of amides is 1. The summed E-state index contributed by atoms with van der Waals surface area (Å²) in [4.78, 5) is 18.2. The van der Waals surface area contributed by atoms with Crippen LogP contribution in [0, 0.1) is 13.8 Å². The molecule has 100 valence electrons. The highest BCUT2D eigenvalue weighted by Gasteiger charge is 2.12. The molecule has 0 aliphatic carbocycles. The van der Waals surface area contributed by atoms with E-state index in [0.29, 0.717) is 13.0 Å². The number of carbonyl (C=O) groups excluding carboxylic acids is 1. The summed E-state index contributed by atoms with van der Waals surface area (Å²) in [5, 5.41) is 2.96. The topological polar surface area (TPSA) is 33.2 Å². The highest BCUT2D eigenvalue weighted by molar-refractivity contribution is 7.09. The van der Waals surface area contributed by atoms with Gasteiger partial charge in [0, 0.05) is 19.0 Å². The Morgan fingerprint density at radius 3 is 2.68 bits per heavy atom. The summed E-state index contributed by atoms with van der Waals surface area (Å²) in [6.07, 6.45) is 0.382. The molecule has 1 aromatic carbocycles. The van der Waals surface area contributed by atoms with Gasteiger partial charge in [-0.1, -0.05) is 24.3 Å². The smallest absolute Gasteiger partial charge is 0.228 e. The average molecular weight is 274 g/mol. The highest BCUT2D eigenvalue weighted by Crippen LogP contribution is 2.12. The molecule has 0 bridgehead atoms. The summed E-state index contributed by atoms with van der Waals surface area (Å²) in [5.41, 5.74) is 3.27. The Hall–Kier alpha value is -1.68. The van der Waals surface area contributed by atoms with E-state index >= 15 is 0 Å². The molecule has 2 rings (SSSR count). The fraction of sp³-hybridized carbons (Fsp3) is 0.333. The number of hydrogen-bond acceptors (Lipinski definition) is 3. The minimum absolute atomic E-state index is 0.105. The second-order valence-electron chi connectivity index (χ2n) is 4.71. The molecule has 0 radical (unpaired) electrons. The van der Waals surface area contributed by atoms with Crippen molar-refractivity contribution in [2.75, 3.05) is 7.05 Å². The van der Waals surface area contributed by atoms with Crippen LogP contribution in [0.5, 0.6) is 0 Å². The van der Waals surface area contributed by atoms with Gasteiger partial charge in [0.15, 0.2) is 0 Å². The molecule has 2 aromatic rings. The molecule has 0 saturated heterocycles. The third-order valence-electron chi connectivity index (χ3n) is 3.09. The number of nitrogens with zero attached hydrogens (tertiary/aromatic N) is 2. The van der Waals surface area contributed by atoms with Crippen LogP contribution in [0.3, 0.4) is 0 Å². The predicted octanol–water partition coefficient (Wildman–Crippen LogP) is 2.96. The first-order valence-corrected chi connectivity index (χ1v) is 7.13. The monoisotopic (exact) mass is 274 g/mol. The molecule has 1 heterocycles. The quantitative estimate of drug-likeness (QED) is 0.859. The molecule has 0 N–H and O–H groups in total. The molecule has 0 atom stereocenters. The van der Waals surface area contributed by atoms with Crippen molar-refractivity contribution in [1.82, 2.24) is 9.88 Å². The molecule has 19 heavy (non-hydrogen) atoms. The van der Waals surface area contributed by atoms with E-state index in [9.17, 15) is 4.79 Å². The number of thiazole rings is 1. The maximum Gasteiger partial charge on any atom is 0.228 e. The molecule has 1 amide bonds. The Balaban J connectivity index is 1.98. The zero-order valence-corrected chi connectivity index (χ0v) is 12.3. The molecular formula is C15H18N2OS. The molecule has 0 aliphatic rings. The van der Waals surface area contributed by atoms with Gasteiger partial charge in [0.2, 0.25) is 5.91 Å². The predicted molar refractivity (Wildman–Crippen MR) is 78.2 cm³/mol. The van der Waals surface area contributed by atoms with E-state index in [1.54, 1.807) is 16.2 Å². The second kappa shape index (κ2) is 5.97. The van der Waals surface area contributed by atoms with Crippen LogP contribution in [-0.4, -0.2) is 22.8 Å². The molecular weight excluding hydrogens is 256 g/mol. The van der Waals surface area contributed by atoms with Gasteiger partial charge in [0.1, 0.15) is 0 Å². The van der Waals surface area contributed by atoms with Crippen LogP contribution in [0.25, 0.3) is 0 Å². The normalized spacial score (nSPS) is 10.5. The maximum atomic E-state index is 12.1. The van der Waals surface area contributed by atoms with Crippen molar-refractivity contribution in [3.8, 4) is 0 Å². The number of likely N-dealkylation sites (N-methyl/N-ethyl adjacent to an activating group) is 1. The number of rotatable bonds is 4. The van der Waals surface area contributed by atoms with E-state index in [1.165, 1.54) is 11.1 Å². The first-order chi connectivity index (χ1) is 9.06. The van der Waals surface area contributed by atoms with Gasteiger partial charge in [0.05, 0.1) is 17.1 Å². The number of benzene rings is 1. The fourth-order valence-corrected chi connectivity index (χ4v) is 2.52. The summed E-state index contributed by atoms with van der Waals surface area (Å²) in [5.74, 6) is 0.105. The van der Waals surface area contributed by atoms with E-state index in [0.717, 1.165) is 10.7 Å². The third kappa shape index (κ3) is 3.64. The lowest BCUT2D eigenvalue weighted by Crippen LogP contribution is -2.28. The number of carbonyl (C=O) groups is 1. The zero-order valence-electron chi connectivity index (χ0n) is 11.5. The fourth-order valence-electron chi connectivity index (χ4n) is 1.91. The molecule has 0 aliphatic heterocycles. The second-order valence-corrected chi connectivity index (χ2v) is 5.77. The van der Waals surface area contributed by atoms with Crippen molar-refractivity contribution in [3.63, 3.8) is 0 Å². The van der Waals surface area contributed by atoms with Gasteiger partial charge in [-0.05, 0) is 25.0 Å². The van der Waals surface area contributed by atoms with Crippen LogP contribution in [-0.2, 0) is 17.8 Å². The van der Waals surface area contributed by atoms with Crippen molar-refractivity contribution >= 4 is 17.2 Å². The molecule has 1 aromatic heterocycles. The first-order valence-electron chi connectivity index (χ1n) is 6.25. The average Bonchev–Trinajstić information content (AvgIpc) is 2.77. The minimum atomic E-state index is 0.105. The Kier molecular flexibility index (Phi) is 4.32. The maximum absolute atomic E-state index is 12.1. The lowest BCUT2D eigenvalue weighted by molar-refractivity contribution is -0.129. The highest BCUT2D eigenvalue weighted by atomic mass is 32.1. The van der Waals surface area contributed by atoms with E-state index < -0.39 is 0 Å². The molecule has 0 fully saturated rings. The van der Waals surface area contributed by atoms with Gasteiger partial charge < -0.3 is 4.90 Å². The molecule has 0 spiro atoms. The van der Waals surface area contributed by atoms with Crippen LogP contribution < -0.4 is 0 Å². The summed E-state index contributed by atoms with van der Waals surface area (Å²) < 4.78 is 0. The van der Waals surface area contributed by atoms with Crippen LogP contribution >= 0.6 is 11.3 Å². The lowest BCUT2D eigenvalue weighted by atomic mass is 10.1. The van der Waals surface area contributed by atoms with Crippen LogP contribution in [0.2, 0.25) is 0 Å². The number of aromatic nitrogens is 1. The molecule has 3 nitrogen and oxygen atoms in total. The number of aryl methyl sites for hydroxylation is 2. The van der Waals surface area contributed by atoms with Crippen molar-refractivity contribution in [2.45, 2.75) is 26.8 Å². The third-order valence-corrected chi connectivity index (χ3v) is 3.92. The van der Waals surface area contributed by atoms with Crippen molar-refractivity contribution in [2.24, 2.45) is 0 Å². The van der Waals surface area contributed by atoms with Crippen LogP contribution in [0.4, 0.5) is 0 Å².